The van der Waals surface area contributed by atoms with E-state index in [1.165, 1.54) is 31.2 Å². The second kappa shape index (κ2) is 9.59. The van der Waals surface area contributed by atoms with E-state index in [1.807, 2.05) is 19.9 Å². The number of nitro benzene ring substituents is 1. The summed E-state index contributed by atoms with van der Waals surface area (Å²) in [5.41, 5.74) is 2.31. The van der Waals surface area contributed by atoms with E-state index in [9.17, 15) is 24.5 Å². The van der Waals surface area contributed by atoms with Gasteiger partial charge in [0.05, 0.1) is 11.3 Å². The lowest BCUT2D eigenvalue weighted by Gasteiger charge is -2.13. The quantitative estimate of drug-likeness (QED) is 0.313. The third kappa shape index (κ3) is 5.97. The number of carbonyl (C=O) groups excluding carboxylic acids is 3. The smallest absolute Gasteiger partial charge is 0.307 e. The fourth-order valence-corrected chi connectivity index (χ4v) is 2.56. The number of para-hydroxylation sites is 2. The van der Waals surface area contributed by atoms with Crippen LogP contribution in [0, 0.1) is 24.0 Å². The van der Waals surface area contributed by atoms with E-state index in [1.54, 1.807) is 12.1 Å². The van der Waals surface area contributed by atoms with E-state index < -0.39 is 22.9 Å². The van der Waals surface area contributed by atoms with E-state index in [0.717, 1.165) is 11.1 Å². The Hall–Kier alpha value is -3.55. The summed E-state index contributed by atoms with van der Waals surface area (Å²) in [5.74, 6) is -1.59. The number of esters is 1. The van der Waals surface area contributed by atoms with Crippen molar-refractivity contribution in [3.63, 3.8) is 0 Å². The van der Waals surface area contributed by atoms with Gasteiger partial charge in [0.2, 0.25) is 0 Å². The average molecular weight is 398 g/mol. The SMILES string of the molecule is Cc1ccc(C(=O)CCC(=O)O[C@H](C)C(=O)Nc2ccccc2[N+](=O)[O-])cc1C. The van der Waals surface area contributed by atoms with Crippen molar-refractivity contribution >= 4 is 29.0 Å². The van der Waals surface area contributed by atoms with E-state index >= 15 is 0 Å². The summed E-state index contributed by atoms with van der Waals surface area (Å²) < 4.78 is 5.04. The summed E-state index contributed by atoms with van der Waals surface area (Å²) in [5, 5.41) is 13.4. The Morgan fingerprint density at radius 3 is 2.41 bits per heavy atom. The van der Waals surface area contributed by atoms with Gasteiger partial charge in [0.15, 0.2) is 11.9 Å². The summed E-state index contributed by atoms with van der Waals surface area (Å²) in [6, 6.07) is 11.0. The van der Waals surface area contributed by atoms with E-state index in [-0.39, 0.29) is 30.0 Å². The van der Waals surface area contributed by atoms with Gasteiger partial charge in [-0.2, -0.15) is 0 Å². The first-order valence-corrected chi connectivity index (χ1v) is 9.03. The highest BCUT2D eigenvalue weighted by atomic mass is 16.6. The number of anilines is 1. The minimum atomic E-state index is -1.17. The van der Waals surface area contributed by atoms with Gasteiger partial charge in [-0.3, -0.25) is 24.5 Å². The maximum absolute atomic E-state index is 12.2. The number of rotatable bonds is 8. The molecule has 0 saturated carbocycles. The third-order valence-electron chi connectivity index (χ3n) is 4.42. The molecular weight excluding hydrogens is 376 g/mol. The van der Waals surface area contributed by atoms with Crippen LogP contribution in [-0.2, 0) is 14.3 Å². The van der Waals surface area contributed by atoms with Crippen molar-refractivity contribution in [3.05, 3.63) is 69.3 Å². The lowest BCUT2D eigenvalue weighted by molar-refractivity contribution is -0.383. The summed E-state index contributed by atoms with van der Waals surface area (Å²) in [4.78, 5) is 46.8. The highest BCUT2D eigenvalue weighted by Gasteiger charge is 2.22. The number of ether oxygens (including phenoxy) is 1. The number of ketones is 1. The van der Waals surface area contributed by atoms with Crippen molar-refractivity contribution < 1.29 is 24.0 Å². The first-order chi connectivity index (χ1) is 13.7. The van der Waals surface area contributed by atoms with Crippen LogP contribution in [0.1, 0.15) is 41.3 Å². The maximum atomic E-state index is 12.2. The van der Waals surface area contributed by atoms with Crippen molar-refractivity contribution in [1.29, 1.82) is 0 Å². The number of benzene rings is 2. The highest BCUT2D eigenvalue weighted by Crippen LogP contribution is 2.23. The molecule has 152 valence electrons. The van der Waals surface area contributed by atoms with Crippen molar-refractivity contribution in [3.8, 4) is 0 Å². The van der Waals surface area contributed by atoms with Crippen LogP contribution in [0.25, 0.3) is 0 Å². The van der Waals surface area contributed by atoms with Gasteiger partial charge in [-0.25, -0.2) is 0 Å². The fraction of sp³-hybridized carbons (Fsp3) is 0.286. The second-order valence-corrected chi connectivity index (χ2v) is 6.62. The molecule has 2 aromatic rings. The Morgan fingerprint density at radius 2 is 1.76 bits per heavy atom. The number of hydrogen-bond donors (Lipinski definition) is 1. The maximum Gasteiger partial charge on any atom is 0.307 e. The Balaban J connectivity index is 1.88. The Morgan fingerprint density at radius 1 is 1.07 bits per heavy atom. The minimum Gasteiger partial charge on any atom is -0.453 e. The van der Waals surface area contributed by atoms with Crippen LogP contribution in [0.2, 0.25) is 0 Å². The summed E-state index contributed by atoms with van der Waals surface area (Å²) >= 11 is 0. The molecule has 0 saturated heterocycles. The summed E-state index contributed by atoms with van der Waals surface area (Å²) in [7, 11) is 0. The third-order valence-corrected chi connectivity index (χ3v) is 4.42. The predicted molar refractivity (Wildman–Crippen MR) is 107 cm³/mol. The molecule has 29 heavy (non-hydrogen) atoms. The van der Waals surface area contributed by atoms with Gasteiger partial charge in [-0.15, -0.1) is 0 Å². The number of carbonyl (C=O) groups is 3. The molecule has 0 heterocycles. The summed E-state index contributed by atoms with van der Waals surface area (Å²) in [6.07, 6.45) is -1.38. The van der Waals surface area contributed by atoms with Gasteiger partial charge in [0, 0.05) is 18.1 Å². The number of hydrogen-bond acceptors (Lipinski definition) is 6. The lowest BCUT2D eigenvalue weighted by Crippen LogP contribution is -2.30. The zero-order chi connectivity index (χ0) is 21.6. The second-order valence-electron chi connectivity index (χ2n) is 6.62. The molecule has 0 unspecified atom stereocenters. The van der Waals surface area contributed by atoms with Crippen LogP contribution in [0.4, 0.5) is 11.4 Å². The van der Waals surface area contributed by atoms with Gasteiger partial charge in [-0.05, 0) is 44.0 Å². The molecule has 0 aliphatic rings. The highest BCUT2D eigenvalue weighted by molar-refractivity contribution is 5.99. The molecule has 1 atom stereocenters. The van der Waals surface area contributed by atoms with E-state index in [2.05, 4.69) is 5.32 Å². The molecule has 1 N–H and O–H groups in total. The monoisotopic (exact) mass is 398 g/mol. The van der Waals surface area contributed by atoms with Crippen molar-refractivity contribution in [2.24, 2.45) is 0 Å². The molecule has 0 aliphatic carbocycles. The predicted octanol–water partition coefficient (Wildman–Crippen LogP) is 3.74. The standard InChI is InChI=1S/C21H22N2O6/c1-13-8-9-16(12-14(13)2)19(24)10-11-20(25)29-15(3)21(26)22-17-6-4-5-7-18(17)23(27)28/h4-9,12,15H,10-11H2,1-3H3,(H,22,26)/t15-/m1/s1. The van der Waals surface area contributed by atoms with Crippen LogP contribution in [0.15, 0.2) is 42.5 Å². The van der Waals surface area contributed by atoms with Gasteiger partial charge >= 0.3 is 5.97 Å². The van der Waals surface area contributed by atoms with Crippen LogP contribution in [-0.4, -0.2) is 28.7 Å². The van der Waals surface area contributed by atoms with Crippen molar-refractivity contribution in [1.82, 2.24) is 0 Å². The van der Waals surface area contributed by atoms with Gasteiger partial charge in [0.1, 0.15) is 5.69 Å². The first-order valence-electron chi connectivity index (χ1n) is 9.03. The molecule has 8 heteroatoms. The molecule has 8 nitrogen and oxygen atoms in total. The Labute approximate surface area is 168 Å². The molecule has 2 aromatic carbocycles. The normalized spacial score (nSPS) is 11.4. The number of nitrogens with one attached hydrogen (secondary N) is 1. The molecule has 0 radical (unpaired) electrons. The molecule has 0 bridgehead atoms. The average Bonchev–Trinajstić information content (AvgIpc) is 2.68. The topological polar surface area (TPSA) is 116 Å². The van der Waals surface area contributed by atoms with E-state index in [0.29, 0.717) is 5.56 Å². The molecule has 1 amide bonds. The molecule has 0 spiro atoms. The molecule has 0 fully saturated rings. The van der Waals surface area contributed by atoms with Gasteiger partial charge in [0.25, 0.3) is 11.6 Å². The fourth-order valence-electron chi connectivity index (χ4n) is 2.56. The minimum absolute atomic E-state index is 0.00955. The summed E-state index contributed by atoms with van der Waals surface area (Å²) in [6.45, 7) is 5.20. The Kier molecular flexibility index (Phi) is 7.19. The van der Waals surface area contributed by atoms with Crippen molar-refractivity contribution in [2.45, 2.75) is 39.7 Å². The largest absolute Gasteiger partial charge is 0.453 e. The molecule has 2 rings (SSSR count). The van der Waals surface area contributed by atoms with Crippen LogP contribution < -0.4 is 5.32 Å². The first kappa shape index (κ1) is 21.7. The zero-order valence-corrected chi connectivity index (χ0v) is 16.4. The van der Waals surface area contributed by atoms with Gasteiger partial charge in [-0.1, -0.05) is 24.3 Å². The zero-order valence-electron chi connectivity index (χ0n) is 16.4. The van der Waals surface area contributed by atoms with E-state index in [4.69, 9.17) is 4.74 Å². The van der Waals surface area contributed by atoms with Crippen LogP contribution >= 0.6 is 0 Å². The molecular formula is C21H22N2O6. The molecule has 0 aromatic heterocycles. The number of nitro groups is 1. The molecule has 0 aliphatic heterocycles. The number of Topliss-reactive ketones (excluding diaryl/α,β-unsaturated/α-hetero) is 1. The van der Waals surface area contributed by atoms with Crippen LogP contribution in [0.3, 0.4) is 0 Å². The van der Waals surface area contributed by atoms with Crippen LogP contribution in [0.5, 0.6) is 0 Å². The Bertz CT molecular complexity index is 954. The number of aryl methyl sites for hydroxylation is 2. The van der Waals surface area contributed by atoms with Gasteiger partial charge < -0.3 is 10.1 Å². The number of amides is 1. The lowest BCUT2D eigenvalue weighted by atomic mass is 10.0. The number of nitrogens with zero attached hydrogens (tertiary/aromatic N) is 1. The van der Waals surface area contributed by atoms with Crippen molar-refractivity contribution in [2.75, 3.05) is 5.32 Å².